The van der Waals surface area contributed by atoms with Gasteiger partial charge in [0.25, 0.3) is 5.69 Å². The Morgan fingerprint density at radius 3 is 2.41 bits per heavy atom. The van der Waals surface area contributed by atoms with E-state index in [-0.39, 0.29) is 10.1 Å². The molecule has 0 aliphatic rings. The van der Waals surface area contributed by atoms with E-state index in [0.29, 0.717) is 23.7 Å². The van der Waals surface area contributed by atoms with Crippen molar-refractivity contribution in [3.63, 3.8) is 0 Å². The minimum atomic E-state index is -4.78. The number of halogens is 3. The van der Waals surface area contributed by atoms with Crippen LogP contribution in [0.2, 0.25) is 0 Å². The Balaban J connectivity index is 2.14. The van der Waals surface area contributed by atoms with Crippen LogP contribution in [0, 0.1) is 10.1 Å². The quantitative estimate of drug-likeness (QED) is 0.470. The highest BCUT2D eigenvalue weighted by Gasteiger charge is 2.34. The van der Waals surface area contributed by atoms with E-state index in [4.69, 9.17) is 0 Å². The van der Waals surface area contributed by atoms with Gasteiger partial charge in [-0.05, 0) is 11.6 Å². The summed E-state index contributed by atoms with van der Waals surface area (Å²) in [7, 11) is 1.71. The van der Waals surface area contributed by atoms with Crippen molar-refractivity contribution in [3.8, 4) is 0 Å². The molecule has 0 atom stereocenters. The van der Waals surface area contributed by atoms with Crippen molar-refractivity contribution >= 4 is 32.1 Å². The molecule has 0 saturated heterocycles. The number of non-ortho nitro benzene ring substituents is 1. The van der Waals surface area contributed by atoms with Gasteiger partial charge in [0.1, 0.15) is 4.70 Å². The molecular formula is C18H13F3N2O3S. The van der Waals surface area contributed by atoms with Gasteiger partial charge < -0.3 is 4.90 Å². The molecule has 0 bridgehead atoms. The predicted molar refractivity (Wildman–Crippen MR) is 98.3 cm³/mol. The number of hydrogen-bond acceptors (Lipinski definition) is 5. The summed E-state index contributed by atoms with van der Waals surface area (Å²) in [6.07, 6.45) is -4.78. The normalized spacial score (nSPS) is 11.6. The summed E-state index contributed by atoms with van der Waals surface area (Å²) in [5.41, 5.74) is -1.66. The van der Waals surface area contributed by atoms with E-state index in [9.17, 15) is 28.1 Å². The van der Waals surface area contributed by atoms with Gasteiger partial charge in [0.15, 0.2) is 5.43 Å². The molecule has 9 heteroatoms. The van der Waals surface area contributed by atoms with E-state index in [1.54, 1.807) is 11.9 Å². The summed E-state index contributed by atoms with van der Waals surface area (Å²) in [6.45, 7) is 0.441. The molecule has 0 unspecified atom stereocenters. The molecule has 1 aromatic heterocycles. The van der Waals surface area contributed by atoms with Gasteiger partial charge in [-0.15, -0.1) is 11.3 Å². The van der Waals surface area contributed by atoms with Crippen LogP contribution in [-0.2, 0) is 12.7 Å². The highest BCUT2D eigenvalue weighted by molar-refractivity contribution is 7.22. The highest BCUT2D eigenvalue weighted by Crippen LogP contribution is 2.38. The summed E-state index contributed by atoms with van der Waals surface area (Å²) in [4.78, 5) is 24.5. The van der Waals surface area contributed by atoms with E-state index in [1.807, 2.05) is 30.3 Å². The lowest BCUT2D eigenvalue weighted by molar-refractivity contribution is -0.383. The average Bonchev–Trinajstić information content (AvgIpc) is 2.60. The summed E-state index contributed by atoms with van der Waals surface area (Å²) >= 11 is 0.920. The molecule has 1 heterocycles. The van der Waals surface area contributed by atoms with Crippen LogP contribution in [-0.4, -0.2) is 12.0 Å². The molecule has 0 saturated carbocycles. The van der Waals surface area contributed by atoms with Crippen molar-refractivity contribution in [1.82, 2.24) is 0 Å². The van der Waals surface area contributed by atoms with Gasteiger partial charge in [-0.1, -0.05) is 30.3 Å². The summed E-state index contributed by atoms with van der Waals surface area (Å²) in [5.74, 6) is 0. The zero-order valence-corrected chi connectivity index (χ0v) is 14.8. The van der Waals surface area contributed by atoms with Crippen LogP contribution in [0.25, 0.3) is 10.1 Å². The highest BCUT2D eigenvalue weighted by atomic mass is 32.1. The van der Waals surface area contributed by atoms with E-state index in [2.05, 4.69) is 0 Å². The third-order valence-corrected chi connectivity index (χ3v) is 5.23. The standard InChI is InChI=1S/C18H13F3N2O3S/c1-22(10-11-5-3-2-4-6-11)16-9-15(24)13-7-12(18(19,20)21)8-14(23(25)26)17(13)27-16/h2-9H,10H2,1H3. The fourth-order valence-corrected chi connectivity index (χ4v) is 3.75. The molecule has 0 aliphatic carbocycles. The van der Waals surface area contributed by atoms with E-state index in [0.717, 1.165) is 16.9 Å². The van der Waals surface area contributed by atoms with Crippen molar-refractivity contribution in [2.24, 2.45) is 0 Å². The van der Waals surface area contributed by atoms with Crippen molar-refractivity contribution in [2.45, 2.75) is 12.7 Å². The van der Waals surface area contributed by atoms with Gasteiger partial charge in [-0.25, -0.2) is 0 Å². The largest absolute Gasteiger partial charge is 0.416 e. The van der Waals surface area contributed by atoms with Crippen LogP contribution >= 0.6 is 11.3 Å². The van der Waals surface area contributed by atoms with Crippen LogP contribution in [0.1, 0.15) is 11.1 Å². The third-order valence-electron chi connectivity index (χ3n) is 3.96. The average molecular weight is 394 g/mol. The Kier molecular flexibility index (Phi) is 4.88. The maximum Gasteiger partial charge on any atom is 0.416 e. The van der Waals surface area contributed by atoms with Gasteiger partial charge in [0.2, 0.25) is 0 Å². The van der Waals surface area contributed by atoms with Gasteiger partial charge in [-0.2, -0.15) is 13.2 Å². The molecule has 0 fully saturated rings. The van der Waals surface area contributed by atoms with Gasteiger partial charge in [0, 0.05) is 31.1 Å². The number of rotatable bonds is 4. The maximum atomic E-state index is 13.0. The van der Waals surface area contributed by atoms with Crippen molar-refractivity contribution in [1.29, 1.82) is 0 Å². The summed E-state index contributed by atoms with van der Waals surface area (Å²) in [5, 5.41) is 11.4. The van der Waals surface area contributed by atoms with Crippen LogP contribution in [0.15, 0.2) is 53.3 Å². The number of benzene rings is 2. The molecule has 3 rings (SSSR count). The van der Waals surface area contributed by atoms with Gasteiger partial charge >= 0.3 is 6.18 Å². The Morgan fingerprint density at radius 1 is 1.15 bits per heavy atom. The number of hydrogen-bond donors (Lipinski definition) is 0. The maximum absolute atomic E-state index is 13.0. The first-order valence-corrected chi connectivity index (χ1v) is 8.57. The lowest BCUT2D eigenvalue weighted by Gasteiger charge is -2.19. The zero-order chi connectivity index (χ0) is 19.8. The minimum absolute atomic E-state index is 0.0737. The van der Waals surface area contributed by atoms with Crippen molar-refractivity contribution < 1.29 is 18.1 Å². The number of alkyl halides is 3. The second kappa shape index (κ2) is 6.99. The molecular weight excluding hydrogens is 381 g/mol. The van der Waals surface area contributed by atoms with Gasteiger partial charge in [0.05, 0.1) is 15.5 Å². The fraction of sp³-hybridized carbons (Fsp3) is 0.167. The molecule has 5 nitrogen and oxygen atoms in total. The number of nitro benzene ring substituents is 1. The second-order valence-corrected chi connectivity index (χ2v) is 6.95. The second-order valence-electron chi connectivity index (χ2n) is 5.92. The van der Waals surface area contributed by atoms with Crippen LogP contribution in [0.4, 0.5) is 23.9 Å². The lowest BCUT2D eigenvalue weighted by Crippen LogP contribution is -2.17. The van der Waals surface area contributed by atoms with Crippen molar-refractivity contribution in [2.75, 3.05) is 11.9 Å². The Morgan fingerprint density at radius 2 is 1.81 bits per heavy atom. The summed E-state index contributed by atoms with van der Waals surface area (Å²) in [6, 6.07) is 11.7. The smallest absolute Gasteiger partial charge is 0.362 e. The van der Waals surface area contributed by atoms with Gasteiger partial charge in [-0.3, -0.25) is 14.9 Å². The zero-order valence-electron chi connectivity index (χ0n) is 14.0. The number of nitrogens with zero attached hydrogens (tertiary/aromatic N) is 2. The number of anilines is 1. The molecule has 3 aromatic rings. The molecule has 2 aromatic carbocycles. The summed E-state index contributed by atoms with van der Waals surface area (Å²) < 4.78 is 39.0. The Labute approximate surface area is 155 Å². The topological polar surface area (TPSA) is 63.5 Å². The number of fused-ring (bicyclic) bond motifs is 1. The first-order chi connectivity index (χ1) is 12.7. The first-order valence-electron chi connectivity index (χ1n) is 7.75. The van der Waals surface area contributed by atoms with Crippen LogP contribution in [0.5, 0.6) is 0 Å². The van der Waals surface area contributed by atoms with Crippen LogP contribution < -0.4 is 10.3 Å². The first kappa shape index (κ1) is 18.8. The molecule has 140 valence electrons. The predicted octanol–water partition coefficient (Wildman–Crippen LogP) is 4.82. The van der Waals surface area contributed by atoms with E-state index in [1.165, 1.54) is 6.07 Å². The molecule has 27 heavy (non-hydrogen) atoms. The molecule has 0 N–H and O–H groups in total. The monoisotopic (exact) mass is 394 g/mol. The van der Waals surface area contributed by atoms with E-state index >= 15 is 0 Å². The van der Waals surface area contributed by atoms with Crippen LogP contribution in [0.3, 0.4) is 0 Å². The molecule has 0 radical (unpaired) electrons. The third kappa shape index (κ3) is 3.92. The lowest BCUT2D eigenvalue weighted by atomic mass is 10.1. The molecule has 0 aliphatic heterocycles. The molecule has 0 amide bonds. The minimum Gasteiger partial charge on any atom is -0.362 e. The van der Waals surface area contributed by atoms with E-state index < -0.39 is 27.8 Å². The fourth-order valence-electron chi connectivity index (χ4n) is 2.65. The number of nitro groups is 1. The molecule has 0 spiro atoms. The SMILES string of the molecule is CN(Cc1ccccc1)c1cc(=O)c2cc(C(F)(F)F)cc([N+](=O)[O-])c2s1. The Hall–Kier alpha value is -2.94. The van der Waals surface area contributed by atoms with Crippen molar-refractivity contribution in [3.05, 3.63) is 80.0 Å². The Bertz CT molecular complexity index is 1070.